The Morgan fingerprint density at radius 3 is 2.32 bits per heavy atom. The number of nitrogens with zero attached hydrogens (tertiary/aromatic N) is 2. The Kier molecular flexibility index (Phi) is 3.70. The highest BCUT2D eigenvalue weighted by atomic mass is 15.1. The van der Waals surface area contributed by atoms with Crippen LogP contribution in [0.1, 0.15) is 58.3 Å². The van der Waals surface area contributed by atoms with Crippen molar-refractivity contribution in [1.82, 2.24) is 9.97 Å². The van der Waals surface area contributed by atoms with E-state index in [0.29, 0.717) is 17.4 Å². The van der Waals surface area contributed by atoms with E-state index in [1.54, 1.807) is 0 Å². The second kappa shape index (κ2) is 4.99. The van der Waals surface area contributed by atoms with Crippen LogP contribution in [0.4, 0.5) is 11.6 Å². The number of hydrogen-bond acceptors (Lipinski definition) is 4. The van der Waals surface area contributed by atoms with Gasteiger partial charge < -0.3 is 10.6 Å². The van der Waals surface area contributed by atoms with E-state index in [0.717, 1.165) is 29.6 Å². The maximum atomic E-state index is 4.70. The number of nitrogens with one attached hydrogen (secondary N) is 2. The summed E-state index contributed by atoms with van der Waals surface area (Å²) >= 11 is 0. The van der Waals surface area contributed by atoms with Gasteiger partial charge in [0.15, 0.2) is 0 Å². The Bertz CT molecular complexity index is 465. The minimum Gasteiger partial charge on any atom is -0.370 e. The number of aromatic nitrogens is 2. The van der Waals surface area contributed by atoms with E-state index >= 15 is 0 Å². The summed E-state index contributed by atoms with van der Waals surface area (Å²) in [6.07, 6.45) is 1.21. The fourth-order valence-corrected chi connectivity index (χ4v) is 2.15. The third-order valence-electron chi connectivity index (χ3n) is 3.85. The van der Waals surface area contributed by atoms with Crippen molar-refractivity contribution in [3.05, 3.63) is 11.4 Å². The normalized spacial score (nSPS) is 20.5. The molecule has 1 aromatic heterocycles. The minimum atomic E-state index is 0.339. The fraction of sp³-hybridized carbons (Fsp3) is 0.733. The Hall–Kier alpha value is -1.32. The summed E-state index contributed by atoms with van der Waals surface area (Å²) in [5.41, 5.74) is 1.52. The zero-order chi connectivity index (χ0) is 14.2. The monoisotopic (exact) mass is 262 g/mol. The Morgan fingerprint density at radius 2 is 1.84 bits per heavy atom. The fourth-order valence-electron chi connectivity index (χ4n) is 2.15. The maximum Gasteiger partial charge on any atom is 0.135 e. The summed E-state index contributed by atoms with van der Waals surface area (Å²) < 4.78 is 0. The molecule has 2 rings (SSSR count). The molecule has 1 aromatic rings. The standard InChI is InChI=1S/C15H26N4/c1-7-16-13-10(4)14(17-11-8-15(11,5)6)19-12(18-13)9(2)3/h9,11H,7-8H2,1-6H3,(H2,16,17,18,19). The Morgan fingerprint density at radius 1 is 1.26 bits per heavy atom. The molecule has 0 saturated heterocycles. The lowest BCUT2D eigenvalue weighted by Crippen LogP contribution is -2.15. The smallest absolute Gasteiger partial charge is 0.135 e. The van der Waals surface area contributed by atoms with Crippen LogP contribution in [0.15, 0.2) is 0 Å². The quantitative estimate of drug-likeness (QED) is 0.852. The van der Waals surface area contributed by atoms with Crippen LogP contribution in [-0.2, 0) is 0 Å². The van der Waals surface area contributed by atoms with Crippen LogP contribution >= 0.6 is 0 Å². The van der Waals surface area contributed by atoms with E-state index in [4.69, 9.17) is 4.98 Å². The molecule has 0 aliphatic heterocycles. The first-order chi connectivity index (χ1) is 8.85. The van der Waals surface area contributed by atoms with Crippen molar-refractivity contribution >= 4 is 11.6 Å². The van der Waals surface area contributed by atoms with Gasteiger partial charge in [0, 0.05) is 24.1 Å². The molecule has 4 nitrogen and oxygen atoms in total. The van der Waals surface area contributed by atoms with Crippen molar-refractivity contribution in [3.63, 3.8) is 0 Å². The molecule has 1 heterocycles. The average molecular weight is 262 g/mol. The second-order valence-corrected chi connectivity index (χ2v) is 6.48. The molecule has 0 amide bonds. The molecule has 0 aromatic carbocycles. The summed E-state index contributed by atoms with van der Waals surface area (Å²) in [6, 6.07) is 0.538. The van der Waals surface area contributed by atoms with Crippen molar-refractivity contribution in [3.8, 4) is 0 Å². The van der Waals surface area contributed by atoms with Gasteiger partial charge >= 0.3 is 0 Å². The summed E-state index contributed by atoms with van der Waals surface area (Å²) in [7, 11) is 0. The van der Waals surface area contributed by atoms with Crippen molar-refractivity contribution in [2.75, 3.05) is 17.2 Å². The van der Waals surface area contributed by atoms with Crippen molar-refractivity contribution < 1.29 is 0 Å². The third-order valence-corrected chi connectivity index (χ3v) is 3.85. The maximum absolute atomic E-state index is 4.70. The number of anilines is 2. The van der Waals surface area contributed by atoms with Crippen molar-refractivity contribution in [1.29, 1.82) is 0 Å². The summed E-state index contributed by atoms with van der Waals surface area (Å²) in [5.74, 6) is 3.20. The summed E-state index contributed by atoms with van der Waals surface area (Å²) in [4.78, 5) is 9.32. The predicted molar refractivity (Wildman–Crippen MR) is 80.8 cm³/mol. The largest absolute Gasteiger partial charge is 0.370 e. The molecule has 1 aliphatic rings. The van der Waals surface area contributed by atoms with E-state index in [-0.39, 0.29) is 0 Å². The van der Waals surface area contributed by atoms with Crippen LogP contribution in [0.25, 0.3) is 0 Å². The third kappa shape index (κ3) is 2.99. The van der Waals surface area contributed by atoms with Crippen LogP contribution in [0.3, 0.4) is 0 Å². The molecular formula is C15H26N4. The van der Waals surface area contributed by atoms with Crippen LogP contribution < -0.4 is 10.6 Å². The van der Waals surface area contributed by atoms with E-state index in [9.17, 15) is 0 Å². The summed E-state index contributed by atoms with van der Waals surface area (Å²) in [5, 5.41) is 6.91. The highest BCUT2D eigenvalue weighted by molar-refractivity contribution is 5.58. The lowest BCUT2D eigenvalue weighted by Gasteiger charge is -2.16. The van der Waals surface area contributed by atoms with E-state index < -0.39 is 0 Å². The Balaban J connectivity index is 2.29. The van der Waals surface area contributed by atoms with Crippen LogP contribution in [0, 0.1) is 12.3 Å². The molecule has 0 bridgehead atoms. The molecular weight excluding hydrogens is 236 g/mol. The molecule has 1 fully saturated rings. The van der Waals surface area contributed by atoms with Gasteiger partial charge in [-0.15, -0.1) is 0 Å². The van der Waals surface area contributed by atoms with Gasteiger partial charge in [-0.3, -0.25) is 0 Å². The zero-order valence-electron chi connectivity index (χ0n) is 13.0. The van der Waals surface area contributed by atoms with Gasteiger partial charge in [0.1, 0.15) is 17.5 Å². The molecule has 1 atom stereocenters. The average Bonchev–Trinajstić information content (AvgIpc) is 2.91. The van der Waals surface area contributed by atoms with Gasteiger partial charge in [-0.05, 0) is 25.7 Å². The second-order valence-electron chi connectivity index (χ2n) is 6.48. The number of rotatable bonds is 5. The lowest BCUT2D eigenvalue weighted by atomic mass is 10.1. The molecule has 1 aliphatic carbocycles. The molecule has 0 spiro atoms. The highest BCUT2D eigenvalue weighted by Gasteiger charge is 2.46. The van der Waals surface area contributed by atoms with Crippen molar-refractivity contribution in [2.24, 2.45) is 5.41 Å². The molecule has 106 valence electrons. The molecule has 1 unspecified atom stereocenters. The van der Waals surface area contributed by atoms with Gasteiger partial charge in [-0.1, -0.05) is 27.7 Å². The van der Waals surface area contributed by atoms with Crippen molar-refractivity contribution in [2.45, 2.75) is 59.9 Å². The predicted octanol–water partition coefficient (Wildman–Crippen LogP) is 3.55. The Labute approximate surface area is 116 Å². The molecule has 2 N–H and O–H groups in total. The van der Waals surface area contributed by atoms with Crippen LogP contribution in [0.5, 0.6) is 0 Å². The van der Waals surface area contributed by atoms with Crippen LogP contribution in [-0.4, -0.2) is 22.6 Å². The van der Waals surface area contributed by atoms with E-state index in [1.807, 2.05) is 0 Å². The first-order valence-electron chi connectivity index (χ1n) is 7.24. The SMILES string of the molecule is CCNc1nc(C(C)C)nc(NC2CC2(C)C)c1C. The zero-order valence-corrected chi connectivity index (χ0v) is 13.0. The topological polar surface area (TPSA) is 49.8 Å². The van der Waals surface area contributed by atoms with Crippen LogP contribution in [0.2, 0.25) is 0 Å². The van der Waals surface area contributed by atoms with Gasteiger partial charge in [0.05, 0.1) is 0 Å². The summed E-state index contributed by atoms with van der Waals surface area (Å²) in [6.45, 7) is 13.9. The van der Waals surface area contributed by atoms with E-state index in [2.05, 4.69) is 57.2 Å². The molecule has 0 radical (unpaired) electrons. The molecule has 4 heteroatoms. The van der Waals surface area contributed by atoms with Gasteiger partial charge in [0.2, 0.25) is 0 Å². The number of hydrogen-bond donors (Lipinski definition) is 2. The van der Waals surface area contributed by atoms with Gasteiger partial charge in [-0.25, -0.2) is 9.97 Å². The van der Waals surface area contributed by atoms with Gasteiger partial charge in [0.25, 0.3) is 0 Å². The molecule has 19 heavy (non-hydrogen) atoms. The lowest BCUT2D eigenvalue weighted by molar-refractivity contribution is 0.629. The van der Waals surface area contributed by atoms with Gasteiger partial charge in [-0.2, -0.15) is 0 Å². The molecule has 1 saturated carbocycles. The highest BCUT2D eigenvalue weighted by Crippen LogP contribution is 2.46. The van der Waals surface area contributed by atoms with E-state index in [1.165, 1.54) is 6.42 Å². The first-order valence-corrected chi connectivity index (χ1v) is 7.24. The first kappa shape index (κ1) is 14.1. The minimum absolute atomic E-state index is 0.339.